The fraction of sp³-hybridized carbons (Fsp3) is 0.273. The number of rotatable bonds is 5. The molecule has 0 aromatic carbocycles. The molecule has 2 aromatic heterocycles. The van der Waals surface area contributed by atoms with Crippen molar-refractivity contribution in [2.75, 3.05) is 0 Å². The number of furan rings is 2. The standard InChI is InChI=1S/C11H14N2O4S/c1-8-11(4-10(5-12)17-8)18(14,15)13-6-9-2-3-16-7-9/h2-4,7,13H,5-6,12H2,1H3. The highest BCUT2D eigenvalue weighted by molar-refractivity contribution is 7.89. The molecule has 0 fully saturated rings. The van der Waals surface area contributed by atoms with Crippen molar-refractivity contribution in [2.45, 2.75) is 24.9 Å². The summed E-state index contributed by atoms with van der Waals surface area (Å²) < 4.78 is 36.6. The molecule has 0 spiro atoms. The van der Waals surface area contributed by atoms with Crippen molar-refractivity contribution in [3.63, 3.8) is 0 Å². The Morgan fingerprint density at radius 2 is 2.22 bits per heavy atom. The maximum Gasteiger partial charge on any atom is 0.244 e. The average molecular weight is 270 g/mol. The third kappa shape index (κ3) is 2.63. The van der Waals surface area contributed by atoms with Crippen molar-refractivity contribution < 1.29 is 17.3 Å². The van der Waals surface area contributed by atoms with Crippen LogP contribution in [-0.2, 0) is 23.1 Å². The first-order valence-electron chi connectivity index (χ1n) is 5.33. The van der Waals surface area contributed by atoms with Crippen molar-refractivity contribution in [1.29, 1.82) is 0 Å². The van der Waals surface area contributed by atoms with E-state index >= 15 is 0 Å². The second kappa shape index (κ2) is 4.97. The van der Waals surface area contributed by atoms with Crippen LogP contribution in [0, 0.1) is 6.92 Å². The Hall–Kier alpha value is -1.57. The Balaban J connectivity index is 2.17. The zero-order valence-corrected chi connectivity index (χ0v) is 10.7. The van der Waals surface area contributed by atoms with Crippen molar-refractivity contribution in [3.05, 3.63) is 41.7 Å². The van der Waals surface area contributed by atoms with E-state index in [4.69, 9.17) is 14.6 Å². The van der Waals surface area contributed by atoms with Gasteiger partial charge in [-0.15, -0.1) is 0 Å². The van der Waals surface area contributed by atoms with Crippen molar-refractivity contribution in [2.24, 2.45) is 5.73 Å². The maximum absolute atomic E-state index is 12.0. The molecule has 0 amide bonds. The van der Waals surface area contributed by atoms with Gasteiger partial charge in [-0.1, -0.05) is 0 Å². The number of nitrogens with one attached hydrogen (secondary N) is 1. The van der Waals surface area contributed by atoms with E-state index in [1.54, 1.807) is 13.0 Å². The lowest BCUT2D eigenvalue weighted by molar-refractivity contribution is 0.478. The van der Waals surface area contributed by atoms with Crippen LogP contribution in [0.5, 0.6) is 0 Å². The lowest BCUT2D eigenvalue weighted by Crippen LogP contribution is -2.23. The molecule has 2 rings (SSSR count). The fourth-order valence-corrected chi connectivity index (χ4v) is 2.76. The monoisotopic (exact) mass is 270 g/mol. The highest BCUT2D eigenvalue weighted by Gasteiger charge is 2.20. The highest BCUT2D eigenvalue weighted by Crippen LogP contribution is 2.19. The molecule has 0 aliphatic heterocycles. The minimum atomic E-state index is -3.60. The third-order valence-electron chi connectivity index (χ3n) is 2.46. The lowest BCUT2D eigenvalue weighted by atomic mass is 10.4. The van der Waals surface area contributed by atoms with E-state index in [-0.39, 0.29) is 18.0 Å². The zero-order valence-electron chi connectivity index (χ0n) is 9.84. The highest BCUT2D eigenvalue weighted by atomic mass is 32.2. The van der Waals surface area contributed by atoms with Gasteiger partial charge >= 0.3 is 0 Å². The summed E-state index contributed by atoms with van der Waals surface area (Å²) in [6.45, 7) is 1.92. The first-order chi connectivity index (χ1) is 8.53. The molecule has 7 heteroatoms. The Labute approximate surface area is 105 Å². The molecule has 0 radical (unpaired) electrons. The van der Waals surface area contributed by atoms with Gasteiger partial charge in [-0.05, 0) is 13.0 Å². The topological polar surface area (TPSA) is 98.5 Å². The average Bonchev–Trinajstić information content (AvgIpc) is 2.95. The largest absolute Gasteiger partial charge is 0.472 e. The number of sulfonamides is 1. The summed E-state index contributed by atoms with van der Waals surface area (Å²) in [5.41, 5.74) is 6.15. The van der Waals surface area contributed by atoms with Crippen LogP contribution in [-0.4, -0.2) is 8.42 Å². The third-order valence-corrected chi connectivity index (χ3v) is 3.97. The maximum atomic E-state index is 12.0. The van der Waals surface area contributed by atoms with Gasteiger partial charge in [0, 0.05) is 18.2 Å². The second-order valence-electron chi connectivity index (χ2n) is 3.79. The summed E-state index contributed by atoms with van der Waals surface area (Å²) in [5, 5.41) is 0. The van der Waals surface area contributed by atoms with Gasteiger partial charge in [-0.25, -0.2) is 13.1 Å². The van der Waals surface area contributed by atoms with E-state index in [2.05, 4.69) is 4.72 Å². The SMILES string of the molecule is Cc1oc(CN)cc1S(=O)(=O)NCc1ccoc1. The zero-order chi connectivity index (χ0) is 13.2. The van der Waals surface area contributed by atoms with Gasteiger partial charge in [-0.2, -0.15) is 0 Å². The molecule has 0 saturated carbocycles. The first-order valence-corrected chi connectivity index (χ1v) is 6.81. The van der Waals surface area contributed by atoms with Gasteiger partial charge in [0.2, 0.25) is 10.0 Å². The number of hydrogen-bond acceptors (Lipinski definition) is 5. The van der Waals surface area contributed by atoms with Crippen LogP contribution in [0.3, 0.4) is 0 Å². The van der Waals surface area contributed by atoms with Crippen molar-refractivity contribution >= 4 is 10.0 Å². The van der Waals surface area contributed by atoms with Gasteiger partial charge in [0.1, 0.15) is 16.4 Å². The summed E-state index contributed by atoms with van der Waals surface area (Å²) in [7, 11) is -3.60. The molecule has 2 heterocycles. The molecule has 0 bridgehead atoms. The Morgan fingerprint density at radius 3 is 2.78 bits per heavy atom. The molecule has 0 unspecified atom stereocenters. The van der Waals surface area contributed by atoms with E-state index < -0.39 is 10.0 Å². The van der Waals surface area contributed by atoms with E-state index in [9.17, 15) is 8.42 Å². The summed E-state index contributed by atoms with van der Waals surface area (Å²) in [4.78, 5) is 0.117. The smallest absolute Gasteiger partial charge is 0.244 e. The van der Waals surface area contributed by atoms with E-state index in [1.165, 1.54) is 18.6 Å². The molecular formula is C11H14N2O4S. The van der Waals surface area contributed by atoms with Gasteiger partial charge in [0.05, 0.1) is 19.1 Å². The number of nitrogens with two attached hydrogens (primary N) is 1. The van der Waals surface area contributed by atoms with E-state index in [0.29, 0.717) is 11.5 Å². The molecule has 0 atom stereocenters. The van der Waals surface area contributed by atoms with E-state index in [0.717, 1.165) is 5.56 Å². The van der Waals surface area contributed by atoms with Gasteiger partial charge in [-0.3, -0.25) is 0 Å². The molecule has 3 N–H and O–H groups in total. The quantitative estimate of drug-likeness (QED) is 0.848. The summed E-state index contributed by atoms with van der Waals surface area (Å²) in [6.07, 6.45) is 2.97. The first kappa shape index (κ1) is 12.9. The molecule has 6 nitrogen and oxygen atoms in total. The molecular weight excluding hydrogens is 256 g/mol. The second-order valence-corrected chi connectivity index (χ2v) is 5.53. The summed E-state index contributed by atoms with van der Waals surface area (Å²) >= 11 is 0. The summed E-state index contributed by atoms with van der Waals surface area (Å²) in [6, 6.07) is 3.13. The van der Waals surface area contributed by atoms with Crippen LogP contribution in [0.4, 0.5) is 0 Å². The minimum absolute atomic E-state index is 0.117. The van der Waals surface area contributed by atoms with Crippen LogP contribution < -0.4 is 10.5 Å². The number of hydrogen-bond donors (Lipinski definition) is 2. The van der Waals surface area contributed by atoms with Crippen LogP contribution in [0.25, 0.3) is 0 Å². The molecule has 2 aromatic rings. The van der Waals surface area contributed by atoms with Crippen molar-refractivity contribution in [1.82, 2.24) is 4.72 Å². The lowest BCUT2D eigenvalue weighted by Gasteiger charge is -2.03. The van der Waals surface area contributed by atoms with Gasteiger partial charge in [0.25, 0.3) is 0 Å². The Kier molecular flexibility index (Phi) is 3.55. The molecule has 98 valence electrons. The normalized spacial score (nSPS) is 11.9. The predicted molar refractivity (Wildman–Crippen MR) is 64.1 cm³/mol. The predicted octanol–water partition coefficient (Wildman–Crippen LogP) is 1.12. The Bertz CT molecular complexity index is 614. The van der Waals surface area contributed by atoms with Crippen LogP contribution in [0.1, 0.15) is 17.1 Å². The van der Waals surface area contributed by atoms with Gasteiger partial charge in [0.15, 0.2) is 0 Å². The van der Waals surface area contributed by atoms with Crippen LogP contribution in [0.2, 0.25) is 0 Å². The van der Waals surface area contributed by atoms with Crippen LogP contribution in [0.15, 0.2) is 38.4 Å². The molecule has 0 aliphatic carbocycles. The van der Waals surface area contributed by atoms with Crippen molar-refractivity contribution in [3.8, 4) is 0 Å². The number of aryl methyl sites for hydroxylation is 1. The van der Waals surface area contributed by atoms with E-state index in [1.807, 2.05) is 0 Å². The minimum Gasteiger partial charge on any atom is -0.472 e. The van der Waals surface area contributed by atoms with Crippen LogP contribution >= 0.6 is 0 Å². The fourth-order valence-electron chi connectivity index (χ4n) is 1.54. The van der Waals surface area contributed by atoms with Gasteiger partial charge < -0.3 is 14.6 Å². The summed E-state index contributed by atoms with van der Waals surface area (Å²) in [5.74, 6) is 0.770. The molecule has 0 aliphatic rings. The Morgan fingerprint density at radius 1 is 1.44 bits per heavy atom. The molecule has 0 saturated heterocycles. The molecule has 18 heavy (non-hydrogen) atoms.